The van der Waals surface area contributed by atoms with Gasteiger partial charge < -0.3 is 25.4 Å². The summed E-state index contributed by atoms with van der Waals surface area (Å²) in [5.41, 5.74) is 6.64. The highest BCUT2D eigenvalue weighted by atomic mass is 16.7. The number of aromatic hydroxyl groups is 2. The zero-order valence-electron chi connectivity index (χ0n) is 18.4. The molecule has 5 rings (SSSR count). The second kappa shape index (κ2) is 6.63. The van der Waals surface area contributed by atoms with Gasteiger partial charge in [-0.2, -0.15) is 0 Å². The molecular formula is C25H27NO6. The van der Waals surface area contributed by atoms with Crippen LogP contribution in [0.1, 0.15) is 70.2 Å². The van der Waals surface area contributed by atoms with Gasteiger partial charge in [-0.05, 0) is 26.2 Å². The summed E-state index contributed by atoms with van der Waals surface area (Å²) in [6.45, 7) is 6.83. The first-order chi connectivity index (χ1) is 15.0. The highest BCUT2D eigenvalue weighted by Gasteiger charge is 2.54. The molecule has 168 valence electrons. The van der Waals surface area contributed by atoms with Gasteiger partial charge in [0.05, 0.1) is 29.9 Å². The first kappa shape index (κ1) is 21.1. The Labute approximate surface area is 186 Å². The number of carbonyl (C=O) groups is 2. The van der Waals surface area contributed by atoms with Crippen molar-refractivity contribution in [3.8, 4) is 11.5 Å². The van der Waals surface area contributed by atoms with Gasteiger partial charge in [-0.25, -0.2) is 0 Å². The van der Waals surface area contributed by atoms with Crippen molar-refractivity contribution in [2.75, 3.05) is 13.2 Å². The molecule has 4 N–H and O–H groups in total. The van der Waals surface area contributed by atoms with Crippen LogP contribution in [0.3, 0.4) is 0 Å². The molecule has 2 aromatic rings. The molecule has 0 spiro atoms. The van der Waals surface area contributed by atoms with Crippen molar-refractivity contribution < 1.29 is 29.3 Å². The van der Waals surface area contributed by atoms with E-state index in [1.165, 1.54) is 0 Å². The summed E-state index contributed by atoms with van der Waals surface area (Å²) in [4.78, 5) is 26.3. The molecule has 0 aromatic heterocycles. The predicted molar refractivity (Wildman–Crippen MR) is 116 cm³/mol. The highest BCUT2D eigenvalue weighted by Crippen LogP contribution is 2.49. The van der Waals surface area contributed by atoms with Crippen LogP contribution in [0.25, 0.3) is 0 Å². The van der Waals surface area contributed by atoms with Crippen LogP contribution in [0.4, 0.5) is 0 Å². The number of ketones is 2. The fraction of sp³-hybridized carbons (Fsp3) is 0.440. The van der Waals surface area contributed by atoms with E-state index in [2.05, 4.69) is 0 Å². The van der Waals surface area contributed by atoms with E-state index in [4.69, 9.17) is 15.2 Å². The van der Waals surface area contributed by atoms with E-state index in [0.29, 0.717) is 37.2 Å². The predicted octanol–water partition coefficient (Wildman–Crippen LogP) is 2.85. The van der Waals surface area contributed by atoms with Crippen molar-refractivity contribution in [2.24, 2.45) is 11.1 Å². The molecule has 1 saturated heterocycles. The second-order valence-corrected chi connectivity index (χ2v) is 10.1. The molecule has 0 amide bonds. The van der Waals surface area contributed by atoms with Crippen LogP contribution in [0.2, 0.25) is 0 Å². The van der Waals surface area contributed by atoms with Crippen molar-refractivity contribution >= 4 is 11.6 Å². The summed E-state index contributed by atoms with van der Waals surface area (Å²) in [6.07, 6.45) is 0.865. The topological polar surface area (TPSA) is 119 Å². The van der Waals surface area contributed by atoms with Crippen molar-refractivity contribution in [1.82, 2.24) is 0 Å². The molecule has 1 atom stereocenters. The molecule has 0 radical (unpaired) electrons. The Morgan fingerprint density at radius 3 is 1.91 bits per heavy atom. The Bertz CT molecular complexity index is 1170. The van der Waals surface area contributed by atoms with Gasteiger partial charge in [0.1, 0.15) is 11.5 Å². The molecule has 0 unspecified atom stereocenters. The van der Waals surface area contributed by atoms with Crippen LogP contribution >= 0.6 is 0 Å². The SMILES string of the molecule is CC1(C)COC(C)([C@@]2(N)CCc3c(O)c4c(c(O)c3C2)C(=O)c2ccccc2C4=O)OC1. The van der Waals surface area contributed by atoms with Gasteiger partial charge in [0, 0.05) is 27.7 Å². The van der Waals surface area contributed by atoms with Gasteiger partial charge in [0.2, 0.25) is 0 Å². The van der Waals surface area contributed by atoms with E-state index >= 15 is 0 Å². The number of fused-ring (bicyclic) bond motifs is 3. The number of carbonyl (C=O) groups excluding carboxylic acids is 2. The van der Waals surface area contributed by atoms with Crippen molar-refractivity contribution in [3.05, 3.63) is 57.6 Å². The van der Waals surface area contributed by atoms with Gasteiger partial charge in [0.25, 0.3) is 0 Å². The Morgan fingerprint density at radius 1 is 0.875 bits per heavy atom. The Morgan fingerprint density at radius 2 is 1.38 bits per heavy atom. The molecule has 1 heterocycles. The van der Waals surface area contributed by atoms with Crippen LogP contribution in [0.5, 0.6) is 11.5 Å². The Kier molecular flexibility index (Phi) is 4.38. The third-order valence-electron chi connectivity index (χ3n) is 7.22. The first-order valence-electron chi connectivity index (χ1n) is 10.8. The lowest BCUT2D eigenvalue weighted by molar-refractivity contribution is -0.319. The van der Waals surface area contributed by atoms with Crippen molar-refractivity contribution in [3.63, 3.8) is 0 Å². The fourth-order valence-electron chi connectivity index (χ4n) is 5.05. The van der Waals surface area contributed by atoms with Gasteiger partial charge in [-0.1, -0.05) is 38.1 Å². The molecule has 7 heteroatoms. The minimum absolute atomic E-state index is 0.132. The molecule has 1 fully saturated rings. The van der Waals surface area contributed by atoms with Gasteiger partial charge in [-0.15, -0.1) is 0 Å². The van der Waals surface area contributed by atoms with Crippen molar-refractivity contribution in [1.29, 1.82) is 0 Å². The largest absolute Gasteiger partial charge is 0.507 e. The average Bonchev–Trinajstić information content (AvgIpc) is 2.76. The number of hydrogen-bond donors (Lipinski definition) is 3. The second-order valence-electron chi connectivity index (χ2n) is 10.1. The molecule has 1 aliphatic heterocycles. The lowest BCUT2D eigenvalue weighted by Gasteiger charge is -2.52. The minimum Gasteiger partial charge on any atom is -0.507 e. The molecule has 3 aliphatic rings. The molecule has 0 bridgehead atoms. The van der Waals surface area contributed by atoms with E-state index in [-0.39, 0.29) is 45.6 Å². The summed E-state index contributed by atoms with van der Waals surface area (Å²) < 4.78 is 12.2. The molecule has 2 aliphatic carbocycles. The van der Waals surface area contributed by atoms with Crippen molar-refractivity contribution in [2.45, 2.75) is 51.4 Å². The van der Waals surface area contributed by atoms with Crippen LogP contribution in [-0.4, -0.2) is 46.3 Å². The van der Waals surface area contributed by atoms with E-state index in [1.807, 2.05) is 13.8 Å². The van der Waals surface area contributed by atoms with E-state index in [9.17, 15) is 19.8 Å². The highest BCUT2D eigenvalue weighted by molar-refractivity contribution is 6.30. The first-order valence-corrected chi connectivity index (χ1v) is 10.8. The third-order valence-corrected chi connectivity index (χ3v) is 7.22. The quantitative estimate of drug-likeness (QED) is 0.501. The summed E-state index contributed by atoms with van der Waals surface area (Å²) in [5.74, 6) is -2.60. The van der Waals surface area contributed by atoms with E-state index < -0.39 is 22.9 Å². The van der Waals surface area contributed by atoms with Crippen LogP contribution < -0.4 is 5.73 Å². The zero-order valence-corrected chi connectivity index (χ0v) is 18.4. The Balaban J connectivity index is 1.61. The maximum absolute atomic E-state index is 13.2. The molecule has 7 nitrogen and oxygen atoms in total. The number of rotatable bonds is 1. The molecule has 0 saturated carbocycles. The number of phenols is 2. The summed E-state index contributed by atoms with van der Waals surface area (Å²) in [6, 6.07) is 6.43. The monoisotopic (exact) mass is 437 g/mol. The standard InChI is InChI=1S/C25H27NO6/c1-23(2)11-31-24(3,32-12-23)25(26)9-8-15-16(10-25)22(30)18-17(21(15)29)19(27)13-6-4-5-7-14(13)20(18)28/h4-7,29-30H,8-12,26H2,1-3H3/t25-/m1/s1. The van der Waals surface area contributed by atoms with Crippen LogP contribution in [-0.2, 0) is 22.3 Å². The number of benzene rings is 2. The van der Waals surface area contributed by atoms with Gasteiger partial charge in [-0.3, -0.25) is 9.59 Å². The maximum atomic E-state index is 13.2. The van der Waals surface area contributed by atoms with E-state index in [0.717, 1.165) is 0 Å². The number of nitrogens with two attached hydrogens (primary N) is 1. The number of ether oxygens (including phenoxy) is 2. The zero-order chi connectivity index (χ0) is 23.1. The normalized spacial score (nSPS) is 25.6. The van der Waals surface area contributed by atoms with Crippen LogP contribution in [0, 0.1) is 5.41 Å². The minimum atomic E-state index is -1.09. The molecular weight excluding hydrogens is 410 g/mol. The van der Waals surface area contributed by atoms with E-state index in [1.54, 1.807) is 31.2 Å². The maximum Gasteiger partial charge on any atom is 0.198 e. The smallest absolute Gasteiger partial charge is 0.198 e. The third kappa shape index (κ3) is 2.78. The lowest BCUT2D eigenvalue weighted by atomic mass is 9.70. The molecule has 32 heavy (non-hydrogen) atoms. The summed E-state index contributed by atoms with van der Waals surface area (Å²) in [5, 5.41) is 22.2. The van der Waals surface area contributed by atoms with Crippen LogP contribution in [0.15, 0.2) is 24.3 Å². The fourth-order valence-corrected chi connectivity index (χ4v) is 5.05. The Hall–Kier alpha value is -2.74. The lowest BCUT2D eigenvalue weighted by Crippen LogP contribution is -2.67. The molecule has 2 aromatic carbocycles. The van der Waals surface area contributed by atoms with Gasteiger partial charge in [0.15, 0.2) is 17.4 Å². The summed E-state index contributed by atoms with van der Waals surface area (Å²) in [7, 11) is 0. The number of hydrogen-bond acceptors (Lipinski definition) is 7. The summed E-state index contributed by atoms with van der Waals surface area (Å²) >= 11 is 0. The van der Waals surface area contributed by atoms with Gasteiger partial charge >= 0.3 is 0 Å². The average molecular weight is 437 g/mol. The number of phenolic OH excluding ortho intramolecular Hbond substituents is 2.